The Hall–Kier alpha value is -1.51. The number of H-pyrrole nitrogens is 1. The predicted molar refractivity (Wildman–Crippen MR) is 58.2 cm³/mol. The van der Waals surface area contributed by atoms with Gasteiger partial charge in [0.2, 0.25) is 15.8 Å². The molecule has 0 saturated carbocycles. The molecule has 1 aromatic heterocycles. The van der Waals surface area contributed by atoms with Crippen LogP contribution in [0.3, 0.4) is 0 Å². The summed E-state index contributed by atoms with van der Waals surface area (Å²) in [6.45, 7) is 0. The number of tetrazole rings is 1. The average molecular weight is 262 g/mol. The molecular weight excluding hydrogens is 254 g/mol. The van der Waals surface area contributed by atoms with Gasteiger partial charge < -0.3 is 0 Å². The van der Waals surface area contributed by atoms with Gasteiger partial charge in [0, 0.05) is 5.56 Å². The van der Waals surface area contributed by atoms with Crippen LogP contribution in [0.2, 0.25) is 0 Å². The quantitative estimate of drug-likeness (QED) is 0.786. The van der Waals surface area contributed by atoms with Crippen LogP contribution in [0.5, 0.6) is 0 Å². The molecule has 7 nitrogen and oxygen atoms in total. The maximum Gasteiger partial charge on any atom is 0.238 e. The van der Waals surface area contributed by atoms with Crippen molar-refractivity contribution in [3.63, 3.8) is 0 Å². The Morgan fingerprint density at radius 3 is 2.50 bits per heavy atom. The summed E-state index contributed by atoms with van der Waals surface area (Å²) < 4.78 is 22.5. The van der Waals surface area contributed by atoms with Crippen LogP contribution in [-0.4, -0.2) is 29.0 Å². The molecule has 2 aromatic rings. The molecule has 9 heteroatoms. The SMILES string of the molecule is Cl.NS(=O)(=O)c1ccccc1-c1nn[nH]n1. The highest BCUT2D eigenvalue weighted by atomic mass is 35.5. The lowest BCUT2D eigenvalue weighted by atomic mass is 10.2. The van der Waals surface area contributed by atoms with Gasteiger partial charge >= 0.3 is 0 Å². The monoisotopic (exact) mass is 261 g/mol. The van der Waals surface area contributed by atoms with Crippen molar-refractivity contribution in [2.24, 2.45) is 5.14 Å². The molecule has 1 aromatic carbocycles. The normalized spacial score (nSPS) is 10.8. The zero-order chi connectivity index (χ0) is 10.9. The summed E-state index contributed by atoms with van der Waals surface area (Å²) in [6.07, 6.45) is 0. The topological polar surface area (TPSA) is 115 Å². The minimum atomic E-state index is -3.78. The van der Waals surface area contributed by atoms with Crippen LogP contribution >= 0.6 is 12.4 Å². The molecule has 16 heavy (non-hydrogen) atoms. The van der Waals surface area contributed by atoms with E-state index >= 15 is 0 Å². The number of aromatic amines is 1. The zero-order valence-corrected chi connectivity index (χ0v) is 9.49. The highest BCUT2D eigenvalue weighted by molar-refractivity contribution is 7.89. The number of nitrogens with one attached hydrogen (secondary N) is 1. The first kappa shape index (κ1) is 12.6. The van der Waals surface area contributed by atoms with E-state index in [0.717, 1.165) is 0 Å². The smallest absolute Gasteiger partial charge is 0.225 e. The van der Waals surface area contributed by atoms with Gasteiger partial charge in [-0.15, -0.1) is 22.6 Å². The van der Waals surface area contributed by atoms with Crippen LogP contribution in [0.1, 0.15) is 0 Å². The number of hydrogen-bond donors (Lipinski definition) is 2. The molecule has 0 aliphatic carbocycles. The molecule has 3 N–H and O–H groups in total. The lowest BCUT2D eigenvalue weighted by Crippen LogP contribution is -2.13. The zero-order valence-electron chi connectivity index (χ0n) is 7.86. The van der Waals surface area contributed by atoms with E-state index in [2.05, 4.69) is 20.6 Å². The van der Waals surface area contributed by atoms with E-state index in [4.69, 9.17) is 5.14 Å². The van der Waals surface area contributed by atoms with E-state index in [-0.39, 0.29) is 23.1 Å². The first-order valence-corrected chi connectivity index (χ1v) is 5.49. The van der Waals surface area contributed by atoms with Gasteiger partial charge in [0.05, 0.1) is 4.90 Å². The summed E-state index contributed by atoms with van der Waals surface area (Å²) >= 11 is 0. The molecular formula is C7H8ClN5O2S. The van der Waals surface area contributed by atoms with Gasteiger partial charge in [-0.25, -0.2) is 13.6 Å². The van der Waals surface area contributed by atoms with E-state index in [1.807, 2.05) is 0 Å². The number of benzene rings is 1. The minimum absolute atomic E-state index is 0. The van der Waals surface area contributed by atoms with Crippen LogP contribution in [0.4, 0.5) is 0 Å². The summed E-state index contributed by atoms with van der Waals surface area (Å²) in [5.74, 6) is 0.194. The number of nitrogens with two attached hydrogens (primary N) is 1. The Kier molecular flexibility index (Phi) is 3.58. The number of hydrogen-bond acceptors (Lipinski definition) is 5. The molecule has 0 unspecified atom stereocenters. The average Bonchev–Trinajstić information content (AvgIpc) is 2.69. The van der Waals surface area contributed by atoms with Gasteiger partial charge in [0.1, 0.15) is 0 Å². The number of sulfonamides is 1. The molecule has 86 valence electrons. The maximum absolute atomic E-state index is 11.2. The summed E-state index contributed by atoms with van der Waals surface area (Å²) in [6, 6.07) is 6.19. The predicted octanol–water partition coefficient (Wildman–Crippen LogP) is -0.0641. The first-order valence-electron chi connectivity index (χ1n) is 3.94. The first-order chi connectivity index (χ1) is 7.09. The third-order valence-corrected chi connectivity index (χ3v) is 2.75. The molecule has 0 amide bonds. The van der Waals surface area contributed by atoms with E-state index < -0.39 is 10.0 Å². The molecule has 2 rings (SSSR count). The molecule has 0 atom stereocenters. The molecule has 0 spiro atoms. The second-order valence-electron chi connectivity index (χ2n) is 2.78. The van der Waals surface area contributed by atoms with Crippen molar-refractivity contribution in [1.29, 1.82) is 0 Å². The standard InChI is InChI=1S/C7H7N5O2S.ClH/c8-15(13,14)6-4-2-1-3-5(6)7-9-11-12-10-7;/h1-4H,(H2,8,13,14)(H,9,10,11,12);1H. The number of primary sulfonamides is 1. The number of halogens is 1. The lowest BCUT2D eigenvalue weighted by Gasteiger charge is -2.02. The van der Waals surface area contributed by atoms with E-state index in [1.165, 1.54) is 6.07 Å². The van der Waals surface area contributed by atoms with Gasteiger partial charge in [-0.2, -0.15) is 5.21 Å². The number of nitrogens with zero attached hydrogens (tertiary/aromatic N) is 3. The van der Waals surface area contributed by atoms with Crippen LogP contribution in [0.15, 0.2) is 29.2 Å². The van der Waals surface area contributed by atoms with Gasteiger partial charge in [0.25, 0.3) is 0 Å². The molecule has 0 bridgehead atoms. The van der Waals surface area contributed by atoms with E-state index in [0.29, 0.717) is 5.56 Å². The van der Waals surface area contributed by atoms with Gasteiger partial charge in [0.15, 0.2) is 0 Å². The number of rotatable bonds is 2. The fourth-order valence-electron chi connectivity index (χ4n) is 1.18. The third kappa shape index (κ3) is 2.35. The second kappa shape index (κ2) is 4.56. The van der Waals surface area contributed by atoms with Gasteiger partial charge in [-0.05, 0) is 17.3 Å². The molecule has 1 heterocycles. The highest BCUT2D eigenvalue weighted by Gasteiger charge is 2.16. The summed E-state index contributed by atoms with van der Waals surface area (Å²) in [7, 11) is -3.78. The highest BCUT2D eigenvalue weighted by Crippen LogP contribution is 2.21. The molecule has 0 radical (unpaired) electrons. The Bertz CT molecular complexity index is 568. The molecule has 0 aliphatic rings. The van der Waals surface area contributed by atoms with Crippen LogP contribution < -0.4 is 5.14 Å². The van der Waals surface area contributed by atoms with Crippen LogP contribution in [0.25, 0.3) is 11.4 Å². The summed E-state index contributed by atoms with van der Waals surface area (Å²) in [5.41, 5.74) is 0.328. The van der Waals surface area contributed by atoms with E-state index in [9.17, 15) is 8.42 Å². The Morgan fingerprint density at radius 1 is 1.25 bits per heavy atom. The molecule has 0 fully saturated rings. The van der Waals surface area contributed by atoms with Crippen molar-refractivity contribution >= 4 is 22.4 Å². The second-order valence-corrected chi connectivity index (χ2v) is 4.31. The summed E-state index contributed by atoms with van der Waals surface area (Å²) in [4.78, 5) is -0.0219. The Morgan fingerprint density at radius 2 is 1.94 bits per heavy atom. The van der Waals surface area contributed by atoms with Crippen molar-refractivity contribution in [3.05, 3.63) is 24.3 Å². The third-order valence-electron chi connectivity index (χ3n) is 1.78. The van der Waals surface area contributed by atoms with Crippen molar-refractivity contribution in [2.45, 2.75) is 4.90 Å². The Balaban J connectivity index is 0.00000128. The van der Waals surface area contributed by atoms with E-state index in [1.54, 1.807) is 18.2 Å². The summed E-state index contributed by atoms with van der Waals surface area (Å²) in [5, 5.41) is 18.0. The Labute approximate surface area is 97.5 Å². The lowest BCUT2D eigenvalue weighted by molar-refractivity contribution is 0.598. The maximum atomic E-state index is 11.2. The van der Waals surface area contributed by atoms with Crippen LogP contribution in [-0.2, 0) is 10.0 Å². The fourth-order valence-corrected chi connectivity index (χ4v) is 1.91. The molecule has 0 saturated heterocycles. The van der Waals surface area contributed by atoms with Crippen molar-refractivity contribution in [3.8, 4) is 11.4 Å². The minimum Gasteiger partial charge on any atom is -0.225 e. The van der Waals surface area contributed by atoms with Gasteiger partial charge in [-0.1, -0.05) is 12.1 Å². The van der Waals surface area contributed by atoms with Crippen molar-refractivity contribution < 1.29 is 8.42 Å². The van der Waals surface area contributed by atoms with Crippen LogP contribution in [0, 0.1) is 0 Å². The number of aromatic nitrogens is 4. The largest absolute Gasteiger partial charge is 0.238 e. The molecule has 0 aliphatic heterocycles. The fraction of sp³-hybridized carbons (Fsp3) is 0. The van der Waals surface area contributed by atoms with Gasteiger partial charge in [-0.3, -0.25) is 0 Å². The van der Waals surface area contributed by atoms with Crippen molar-refractivity contribution in [2.75, 3.05) is 0 Å². The van der Waals surface area contributed by atoms with Crippen molar-refractivity contribution in [1.82, 2.24) is 20.6 Å².